The summed E-state index contributed by atoms with van der Waals surface area (Å²) >= 11 is 0. The Morgan fingerprint density at radius 3 is 1.92 bits per heavy atom. The SMILES string of the molecule is O=C(NC1CC1)/C(=C/c1ccc(C(=O)NCc2ccc(C(=O)NO)cc2)cc1)c1ccc(C(F)(F)F)cc1. The van der Waals surface area contributed by atoms with Gasteiger partial charge in [0.05, 0.1) is 5.56 Å². The van der Waals surface area contributed by atoms with E-state index in [4.69, 9.17) is 5.21 Å². The largest absolute Gasteiger partial charge is 0.416 e. The van der Waals surface area contributed by atoms with Crippen molar-refractivity contribution in [3.63, 3.8) is 0 Å². The summed E-state index contributed by atoms with van der Waals surface area (Å²) in [6.45, 7) is 0.209. The number of alkyl halides is 3. The van der Waals surface area contributed by atoms with E-state index in [-0.39, 0.29) is 35.5 Å². The highest BCUT2D eigenvalue weighted by Crippen LogP contribution is 2.31. The van der Waals surface area contributed by atoms with Crippen molar-refractivity contribution >= 4 is 29.4 Å². The van der Waals surface area contributed by atoms with E-state index in [1.165, 1.54) is 24.3 Å². The van der Waals surface area contributed by atoms with Gasteiger partial charge in [0.2, 0.25) is 0 Å². The Kier molecular flexibility index (Phi) is 7.92. The van der Waals surface area contributed by atoms with Gasteiger partial charge in [0.1, 0.15) is 0 Å². The maximum atomic E-state index is 13.0. The highest BCUT2D eigenvalue weighted by atomic mass is 19.4. The molecule has 1 aliphatic rings. The first kappa shape index (κ1) is 26.6. The Hall–Kier alpha value is -4.44. The number of hydroxylamine groups is 1. The molecule has 1 fully saturated rings. The van der Waals surface area contributed by atoms with Crippen molar-refractivity contribution in [1.29, 1.82) is 0 Å². The zero-order valence-corrected chi connectivity index (χ0v) is 20.0. The first-order chi connectivity index (χ1) is 18.1. The summed E-state index contributed by atoms with van der Waals surface area (Å²) in [5, 5.41) is 14.3. The third kappa shape index (κ3) is 6.86. The van der Waals surface area contributed by atoms with E-state index >= 15 is 0 Å². The smallest absolute Gasteiger partial charge is 0.349 e. The molecule has 1 aliphatic carbocycles. The average Bonchev–Trinajstić information content (AvgIpc) is 3.74. The van der Waals surface area contributed by atoms with Crippen molar-refractivity contribution in [3.05, 3.63) is 106 Å². The van der Waals surface area contributed by atoms with Crippen LogP contribution in [0.15, 0.2) is 72.8 Å². The van der Waals surface area contributed by atoms with Crippen LogP contribution in [0.2, 0.25) is 0 Å². The zero-order chi connectivity index (χ0) is 27.3. The molecule has 0 radical (unpaired) electrons. The number of nitrogens with one attached hydrogen (secondary N) is 3. The number of halogens is 3. The maximum Gasteiger partial charge on any atom is 0.416 e. The van der Waals surface area contributed by atoms with Crippen molar-refractivity contribution in [3.8, 4) is 0 Å². The summed E-state index contributed by atoms with van der Waals surface area (Å²) < 4.78 is 38.9. The van der Waals surface area contributed by atoms with Gasteiger partial charge in [0.25, 0.3) is 17.7 Å². The van der Waals surface area contributed by atoms with Crippen LogP contribution in [0.25, 0.3) is 11.6 Å². The van der Waals surface area contributed by atoms with Crippen molar-refractivity contribution in [2.45, 2.75) is 31.6 Å². The van der Waals surface area contributed by atoms with Crippen LogP contribution in [-0.2, 0) is 17.5 Å². The molecule has 0 aliphatic heterocycles. The van der Waals surface area contributed by atoms with Crippen LogP contribution >= 0.6 is 0 Å². The summed E-state index contributed by atoms with van der Waals surface area (Å²) in [5.74, 6) is -1.36. The van der Waals surface area contributed by atoms with Crippen LogP contribution < -0.4 is 16.1 Å². The van der Waals surface area contributed by atoms with Crippen LogP contribution in [0.5, 0.6) is 0 Å². The van der Waals surface area contributed by atoms with E-state index in [0.29, 0.717) is 16.7 Å². The first-order valence-corrected chi connectivity index (χ1v) is 11.8. The molecule has 0 heterocycles. The standard InChI is InChI=1S/C28H24F3N3O4/c29-28(30,31)22-11-9-19(10-12-22)24(27(37)33-23-13-14-23)15-17-1-5-20(6-2-17)25(35)32-16-18-3-7-21(8-4-18)26(36)34-38/h1-12,15,23,38H,13-14,16H2,(H,32,35)(H,33,37)(H,34,36)/b24-15+. The summed E-state index contributed by atoms with van der Waals surface area (Å²) in [6.07, 6.45) is -1.18. The van der Waals surface area contributed by atoms with Crippen LogP contribution in [0.1, 0.15) is 55.8 Å². The predicted molar refractivity (Wildman–Crippen MR) is 134 cm³/mol. The minimum atomic E-state index is -4.48. The number of carbonyl (C=O) groups excluding carboxylic acids is 3. The third-order valence-corrected chi connectivity index (χ3v) is 5.94. The van der Waals surface area contributed by atoms with E-state index in [2.05, 4.69) is 10.6 Å². The normalized spacial score (nSPS) is 13.5. The molecule has 38 heavy (non-hydrogen) atoms. The van der Waals surface area contributed by atoms with Crippen molar-refractivity contribution in [1.82, 2.24) is 16.1 Å². The molecule has 1 saturated carbocycles. The Morgan fingerprint density at radius 2 is 1.37 bits per heavy atom. The number of hydrogen-bond donors (Lipinski definition) is 4. The lowest BCUT2D eigenvalue weighted by Gasteiger charge is -2.11. The molecular formula is C28H24F3N3O4. The number of rotatable bonds is 8. The van der Waals surface area contributed by atoms with Crippen molar-refractivity contribution in [2.75, 3.05) is 0 Å². The highest BCUT2D eigenvalue weighted by molar-refractivity contribution is 6.24. The van der Waals surface area contributed by atoms with Gasteiger partial charge >= 0.3 is 6.18 Å². The Labute approximate surface area is 216 Å². The minimum Gasteiger partial charge on any atom is -0.349 e. The molecule has 4 N–H and O–H groups in total. The second-order valence-electron chi connectivity index (χ2n) is 8.82. The molecule has 10 heteroatoms. The molecule has 0 saturated heterocycles. The number of carbonyl (C=O) groups is 3. The molecule has 0 spiro atoms. The average molecular weight is 524 g/mol. The molecule has 3 aromatic carbocycles. The number of hydrogen-bond acceptors (Lipinski definition) is 4. The second kappa shape index (κ2) is 11.3. The van der Waals surface area contributed by atoms with E-state index in [1.807, 2.05) is 0 Å². The molecule has 0 bridgehead atoms. The molecule has 4 rings (SSSR count). The van der Waals surface area contributed by atoms with Crippen LogP contribution in [0.3, 0.4) is 0 Å². The van der Waals surface area contributed by atoms with E-state index < -0.39 is 17.6 Å². The fourth-order valence-corrected chi connectivity index (χ4v) is 3.63. The van der Waals surface area contributed by atoms with Gasteiger partial charge in [-0.2, -0.15) is 13.2 Å². The second-order valence-corrected chi connectivity index (χ2v) is 8.82. The molecular weight excluding hydrogens is 499 g/mol. The fourth-order valence-electron chi connectivity index (χ4n) is 3.63. The van der Waals surface area contributed by atoms with Crippen molar-refractivity contribution in [2.24, 2.45) is 0 Å². The minimum absolute atomic E-state index is 0.0643. The Morgan fingerprint density at radius 1 is 0.816 bits per heavy atom. The highest BCUT2D eigenvalue weighted by Gasteiger charge is 2.30. The van der Waals surface area contributed by atoms with Gasteiger partial charge in [-0.05, 0) is 72.0 Å². The quantitative estimate of drug-likeness (QED) is 0.150. The third-order valence-electron chi connectivity index (χ3n) is 5.94. The summed E-state index contributed by atoms with van der Waals surface area (Å²) in [7, 11) is 0. The lowest BCUT2D eigenvalue weighted by atomic mass is 9.99. The van der Waals surface area contributed by atoms with Crippen LogP contribution in [0, 0.1) is 0 Å². The Balaban J connectivity index is 1.46. The van der Waals surface area contributed by atoms with Gasteiger partial charge in [-0.1, -0.05) is 36.4 Å². The van der Waals surface area contributed by atoms with Crippen molar-refractivity contribution < 1.29 is 32.8 Å². The van der Waals surface area contributed by atoms with Gasteiger partial charge < -0.3 is 10.6 Å². The predicted octanol–water partition coefficient (Wildman–Crippen LogP) is 4.57. The molecule has 0 aromatic heterocycles. The zero-order valence-electron chi connectivity index (χ0n) is 20.0. The van der Waals surface area contributed by atoms with Gasteiger partial charge in [-0.15, -0.1) is 0 Å². The summed E-state index contributed by atoms with van der Waals surface area (Å²) in [4.78, 5) is 36.8. The van der Waals surface area contributed by atoms with Gasteiger partial charge in [0, 0.05) is 29.3 Å². The fraction of sp³-hybridized carbons (Fsp3) is 0.179. The monoisotopic (exact) mass is 523 g/mol. The van der Waals surface area contributed by atoms with E-state index in [0.717, 1.165) is 30.5 Å². The molecule has 3 amide bonds. The first-order valence-electron chi connectivity index (χ1n) is 11.8. The molecule has 0 unspecified atom stereocenters. The van der Waals surface area contributed by atoms with Crippen LogP contribution in [0.4, 0.5) is 13.2 Å². The Bertz CT molecular complexity index is 1350. The molecule has 0 atom stereocenters. The van der Waals surface area contributed by atoms with Gasteiger partial charge in [-0.3, -0.25) is 19.6 Å². The lowest BCUT2D eigenvalue weighted by molar-refractivity contribution is -0.137. The summed E-state index contributed by atoms with van der Waals surface area (Å²) in [6, 6.07) is 17.3. The topological polar surface area (TPSA) is 108 Å². The lowest BCUT2D eigenvalue weighted by Crippen LogP contribution is -2.26. The number of amides is 3. The summed E-state index contributed by atoms with van der Waals surface area (Å²) in [5.41, 5.74) is 3.30. The van der Waals surface area contributed by atoms with Crippen LogP contribution in [-0.4, -0.2) is 29.0 Å². The van der Waals surface area contributed by atoms with Gasteiger partial charge in [-0.25, -0.2) is 5.48 Å². The number of benzene rings is 3. The van der Waals surface area contributed by atoms with E-state index in [9.17, 15) is 27.6 Å². The molecule has 3 aromatic rings. The molecule has 196 valence electrons. The molecule has 7 nitrogen and oxygen atoms in total. The van der Waals surface area contributed by atoms with Gasteiger partial charge in [0.15, 0.2) is 0 Å². The maximum absolute atomic E-state index is 13.0. The van der Waals surface area contributed by atoms with E-state index in [1.54, 1.807) is 48.0 Å².